The van der Waals surface area contributed by atoms with Crippen molar-refractivity contribution in [3.8, 4) is 0 Å². The first kappa shape index (κ1) is 12.3. The number of hydrogen-bond donors (Lipinski definition) is 3. The van der Waals surface area contributed by atoms with Crippen molar-refractivity contribution in [2.75, 3.05) is 13.1 Å². The summed E-state index contributed by atoms with van der Waals surface area (Å²) in [5, 5.41) is 14.8. The van der Waals surface area contributed by atoms with Gasteiger partial charge in [-0.25, -0.2) is 0 Å². The minimum atomic E-state index is 0.279. The maximum atomic E-state index is 8.23. The van der Waals surface area contributed by atoms with E-state index >= 15 is 0 Å². The van der Waals surface area contributed by atoms with E-state index in [1.165, 1.54) is 0 Å². The van der Waals surface area contributed by atoms with Gasteiger partial charge in [-0.3, -0.25) is 0 Å². The van der Waals surface area contributed by atoms with E-state index in [0.29, 0.717) is 18.0 Å². The highest BCUT2D eigenvalue weighted by Crippen LogP contribution is 1.95. The predicted octanol–water partition coefficient (Wildman–Crippen LogP) is 1.25. The summed E-state index contributed by atoms with van der Waals surface area (Å²) in [5.74, 6) is 0.279. The average Bonchev–Trinajstić information content (AvgIpc) is 2.10. The van der Waals surface area contributed by atoms with Crippen LogP contribution in [0.3, 0.4) is 0 Å². The summed E-state index contributed by atoms with van der Waals surface area (Å²) in [4.78, 5) is 0. The number of unbranched alkanes of at least 4 members (excludes halogenated alkanes) is 1. The first-order chi connectivity index (χ1) is 6.16. The molecule has 0 aliphatic carbocycles. The molecule has 76 valence electrons. The fourth-order valence-electron chi connectivity index (χ4n) is 0.830. The molecule has 0 aliphatic rings. The molecular formula is C8H16ClN3O. The molecule has 0 bridgehead atoms. The number of nitrogens with one attached hydrogen (secondary N) is 1. The number of oxime groups is 1. The Bertz CT molecular complexity index is 182. The standard InChI is InChI=1S/C8H16ClN3O/c1-7(9)6-11-5-3-2-4-8(10)12-13/h11,13H,1-6H2,(H2,10,12). The molecule has 0 aromatic rings. The first-order valence-corrected chi connectivity index (χ1v) is 4.55. The average molecular weight is 206 g/mol. The van der Waals surface area contributed by atoms with Gasteiger partial charge in [-0.1, -0.05) is 23.3 Å². The van der Waals surface area contributed by atoms with Crippen LogP contribution in [0.15, 0.2) is 16.8 Å². The predicted molar refractivity (Wildman–Crippen MR) is 55.1 cm³/mol. The molecule has 5 heteroatoms. The van der Waals surface area contributed by atoms with Crippen molar-refractivity contribution in [3.05, 3.63) is 11.6 Å². The van der Waals surface area contributed by atoms with Gasteiger partial charge in [-0.2, -0.15) is 0 Å². The van der Waals surface area contributed by atoms with Gasteiger partial charge in [0.25, 0.3) is 0 Å². The molecule has 4 nitrogen and oxygen atoms in total. The van der Waals surface area contributed by atoms with Crippen molar-refractivity contribution >= 4 is 17.4 Å². The number of nitrogens with two attached hydrogens (primary N) is 1. The van der Waals surface area contributed by atoms with Crippen LogP contribution in [0.4, 0.5) is 0 Å². The first-order valence-electron chi connectivity index (χ1n) is 4.17. The fraction of sp³-hybridized carbons (Fsp3) is 0.625. The molecule has 0 heterocycles. The summed E-state index contributed by atoms with van der Waals surface area (Å²) in [5.41, 5.74) is 5.28. The van der Waals surface area contributed by atoms with E-state index in [4.69, 9.17) is 22.5 Å². The number of hydrogen-bond acceptors (Lipinski definition) is 3. The molecule has 0 aliphatic heterocycles. The van der Waals surface area contributed by atoms with Crippen molar-refractivity contribution in [1.82, 2.24) is 5.32 Å². The van der Waals surface area contributed by atoms with Crippen LogP contribution in [0.2, 0.25) is 0 Å². The van der Waals surface area contributed by atoms with E-state index in [0.717, 1.165) is 19.4 Å². The molecule has 4 N–H and O–H groups in total. The van der Waals surface area contributed by atoms with Crippen molar-refractivity contribution in [1.29, 1.82) is 0 Å². The van der Waals surface area contributed by atoms with Crippen molar-refractivity contribution in [3.63, 3.8) is 0 Å². The number of halogens is 1. The van der Waals surface area contributed by atoms with Crippen LogP contribution in [-0.2, 0) is 0 Å². The lowest BCUT2D eigenvalue weighted by Gasteiger charge is -2.02. The molecule has 0 saturated heterocycles. The molecule has 0 aromatic heterocycles. The van der Waals surface area contributed by atoms with Gasteiger partial charge in [0.15, 0.2) is 0 Å². The second-order valence-electron chi connectivity index (χ2n) is 2.74. The molecule has 0 atom stereocenters. The largest absolute Gasteiger partial charge is 0.409 e. The lowest BCUT2D eigenvalue weighted by atomic mass is 10.2. The molecule has 13 heavy (non-hydrogen) atoms. The zero-order chi connectivity index (χ0) is 10.1. The van der Waals surface area contributed by atoms with Crippen LogP contribution in [0.1, 0.15) is 19.3 Å². The molecule has 0 spiro atoms. The minimum Gasteiger partial charge on any atom is -0.409 e. The summed E-state index contributed by atoms with van der Waals surface area (Å²) in [6.45, 7) is 5.04. The Morgan fingerprint density at radius 3 is 2.77 bits per heavy atom. The highest BCUT2D eigenvalue weighted by Gasteiger charge is 1.93. The van der Waals surface area contributed by atoms with Crippen molar-refractivity contribution in [2.24, 2.45) is 10.9 Å². The molecule has 0 unspecified atom stereocenters. The number of nitrogens with zero attached hydrogens (tertiary/aromatic N) is 1. The Balaban J connectivity index is 3.13. The van der Waals surface area contributed by atoms with Gasteiger partial charge >= 0.3 is 0 Å². The van der Waals surface area contributed by atoms with Gasteiger partial charge in [0, 0.05) is 18.0 Å². The number of amidine groups is 1. The Morgan fingerprint density at radius 2 is 2.23 bits per heavy atom. The normalized spacial score (nSPS) is 11.6. The maximum Gasteiger partial charge on any atom is 0.139 e. The van der Waals surface area contributed by atoms with Crippen LogP contribution in [0.25, 0.3) is 0 Å². The second kappa shape index (κ2) is 7.89. The van der Waals surface area contributed by atoms with Crippen molar-refractivity contribution in [2.45, 2.75) is 19.3 Å². The summed E-state index contributed by atoms with van der Waals surface area (Å²) in [6.07, 6.45) is 2.50. The van der Waals surface area contributed by atoms with Crippen LogP contribution < -0.4 is 11.1 Å². The second-order valence-corrected chi connectivity index (χ2v) is 3.28. The Hall–Kier alpha value is -0.740. The van der Waals surface area contributed by atoms with Gasteiger partial charge in [-0.05, 0) is 19.4 Å². The van der Waals surface area contributed by atoms with Crippen LogP contribution in [0, 0.1) is 0 Å². The Morgan fingerprint density at radius 1 is 1.54 bits per heavy atom. The molecule has 0 fully saturated rings. The van der Waals surface area contributed by atoms with E-state index in [1.807, 2.05) is 0 Å². The van der Waals surface area contributed by atoms with Gasteiger partial charge in [0.2, 0.25) is 0 Å². The van der Waals surface area contributed by atoms with E-state index in [2.05, 4.69) is 17.1 Å². The fourth-order valence-corrected chi connectivity index (χ4v) is 0.925. The highest BCUT2D eigenvalue weighted by atomic mass is 35.5. The quantitative estimate of drug-likeness (QED) is 0.193. The summed E-state index contributed by atoms with van der Waals surface area (Å²) < 4.78 is 0. The Kier molecular flexibility index (Phi) is 7.44. The lowest BCUT2D eigenvalue weighted by molar-refractivity contribution is 0.316. The zero-order valence-corrected chi connectivity index (χ0v) is 8.35. The summed E-state index contributed by atoms with van der Waals surface area (Å²) >= 11 is 5.53. The minimum absolute atomic E-state index is 0.279. The number of rotatable bonds is 7. The maximum absolute atomic E-state index is 8.23. The topological polar surface area (TPSA) is 70.6 Å². The van der Waals surface area contributed by atoms with E-state index in [-0.39, 0.29) is 5.84 Å². The molecule has 0 saturated carbocycles. The van der Waals surface area contributed by atoms with Crippen LogP contribution in [-0.4, -0.2) is 24.1 Å². The molecule has 0 aromatic carbocycles. The SMILES string of the molecule is C=C(Cl)CNCCCCC(N)=NO. The van der Waals surface area contributed by atoms with Crippen molar-refractivity contribution < 1.29 is 5.21 Å². The van der Waals surface area contributed by atoms with Gasteiger partial charge < -0.3 is 16.3 Å². The summed E-state index contributed by atoms with van der Waals surface area (Å²) in [7, 11) is 0. The third-order valence-corrected chi connectivity index (χ3v) is 1.62. The zero-order valence-electron chi connectivity index (χ0n) is 7.59. The third kappa shape index (κ3) is 9.17. The van der Waals surface area contributed by atoms with Gasteiger partial charge in [0.05, 0.1) is 0 Å². The lowest BCUT2D eigenvalue weighted by Crippen LogP contribution is -2.17. The summed E-state index contributed by atoms with van der Waals surface area (Å²) in [6, 6.07) is 0. The van der Waals surface area contributed by atoms with E-state index in [9.17, 15) is 0 Å². The molecule has 0 radical (unpaired) electrons. The highest BCUT2D eigenvalue weighted by molar-refractivity contribution is 6.29. The van der Waals surface area contributed by atoms with E-state index < -0.39 is 0 Å². The van der Waals surface area contributed by atoms with Gasteiger partial charge in [0.1, 0.15) is 5.84 Å². The molecule has 0 amide bonds. The Labute approximate surface area is 83.4 Å². The van der Waals surface area contributed by atoms with Gasteiger partial charge in [-0.15, -0.1) is 0 Å². The van der Waals surface area contributed by atoms with E-state index in [1.54, 1.807) is 0 Å². The monoisotopic (exact) mass is 205 g/mol. The third-order valence-electron chi connectivity index (χ3n) is 1.48. The molecular weight excluding hydrogens is 190 g/mol. The van der Waals surface area contributed by atoms with Crippen LogP contribution in [0.5, 0.6) is 0 Å². The smallest absolute Gasteiger partial charge is 0.139 e. The molecule has 0 rings (SSSR count). The van der Waals surface area contributed by atoms with Crippen LogP contribution >= 0.6 is 11.6 Å².